The van der Waals surface area contributed by atoms with E-state index in [9.17, 15) is 14.4 Å². The molecule has 0 rings (SSSR count). The van der Waals surface area contributed by atoms with Gasteiger partial charge in [-0.1, -0.05) is 253 Å². The molecule has 6 nitrogen and oxygen atoms in total. The highest BCUT2D eigenvalue weighted by Crippen LogP contribution is 2.19. The lowest BCUT2D eigenvalue weighted by atomic mass is 9.99. The SMILES string of the molecule is CCC(C)CCCCCCCCCCCCCCCCC(=O)OC[C@H](COC(=O)CCCCCCCCCCCCC(C)CC)OC(=O)CCCCCCCCC(C)CC. The molecule has 0 saturated heterocycles. The van der Waals surface area contributed by atoms with Gasteiger partial charge in [0.2, 0.25) is 0 Å². The Hall–Kier alpha value is -1.59. The van der Waals surface area contributed by atoms with Gasteiger partial charge in [0.1, 0.15) is 13.2 Å². The smallest absolute Gasteiger partial charge is 0.306 e. The van der Waals surface area contributed by atoms with Crippen LogP contribution in [0.2, 0.25) is 0 Å². The molecule has 0 amide bonds. The number of rotatable bonds is 47. The number of hydrogen-bond donors (Lipinski definition) is 0. The summed E-state index contributed by atoms with van der Waals surface area (Å²) in [5.41, 5.74) is 0. The van der Waals surface area contributed by atoms with Crippen molar-refractivity contribution in [3.8, 4) is 0 Å². The van der Waals surface area contributed by atoms with Crippen molar-refractivity contribution in [2.75, 3.05) is 13.2 Å². The Morgan fingerprint density at radius 1 is 0.317 bits per heavy atom. The van der Waals surface area contributed by atoms with Gasteiger partial charge in [-0.05, 0) is 37.0 Å². The van der Waals surface area contributed by atoms with Crippen LogP contribution in [0.3, 0.4) is 0 Å². The quantitative estimate of drug-likeness (QED) is 0.0345. The molecule has 6 heteroatoms. The summed E-state index contributed by atoms with van der Waals surface area (Å²) in [6.45, 7) is 13.8. The molecule has 60 heavy (non-hydrogen) atoms. The van der Waals surface area contributed by atoms with Gasteiger partial charge in [-0.2, -0.15) is 0 Å². The topological polar surface area (TPSA) is 78.9 Å². The van der Waals surface area contributed by atoms with Crippen molar-refractivity contribution < 1.29 is 28.6 Å². The third kappa shape index (κ3) is 43.1. The summed E-state index contributed by atoms with van der Waals surface area (Å²) in [4.78, 5) is 38.0. The highest BCUT2D eigenvalue weighted by atomic mass is 16.6. The maximum Gasteiger partial charge on any atom is 0.306 e. The number of carbonyl (C=O) groups is 3. The first-order valence-corrected chi connectivity index (χ1v) is 26.7. The monoisotopic (exact) mass is 849 g/mol. The average molecular weight is 849 g/mol. The molecule has 0 aromatic carbocycles. The van der Waals surface area contributed by atoms with Crippen LogP contribution in [0.4, 0.5) is 0 Å². The molecule has 0 aliphatic heterocycles. The zero-order chi connectivity index (χ0) is 44.2. The molecule has 0 heterocycles. The van der Waals surface area contributed by atoms with Gasteiger partial charge >= 0.3 is 17.9 Å². The largest absolute Gasteiger partial charge is 0.462 e. The summed E-state index contributed by atoms with van der Waals surface area (Å²) >= 11 is 0. The molecule has 356 valence electrons. The Bertz CT molecular complexity index is 935. The molecule has 3 unspecified atom stereocenters. The van der Waals surface area contributed by atoms with Crippen LogP contribution in [0.25, 0.3) is 0 Å². The van der Waals surface area contributed by atoms with E-state index in [-0.39, 0.29) is 31.1 Å². The van der Waals surface area contributed by atoms with Gasteiger partial charge in [0.05, 0.1) is 0 Å². The number of carbonyl (C=O) groups excluding carboxylic acids is 3. The molecule has 0 aliphatic carbocycles. The normalized spacial score (nSPS) is 13.5. The van der Waals surface area contributed by atoms with E-state index < -0.39 is 6.10 Å². The van der Waals surface area contributed by atoms with Crippen LogP contribution in [-0.2, 0) is 28.6 Å². The summed E-state index contributed by atoms with van der Waals surface area (Å²) in [7, 11) is 0. The second-order valence-electron chi connectivity index (χ2n) is 19.2. The van der Waals surface area contributed by atoms with Crippen LogP contribution in [-0.4, -0.2) is 37.2 Å². The fourth-order valence-corrected chi connectivity index (χ4v) is 8.02. The van der Waals surface area contributed by atoms with Crippen LogP contribution in [0.5, 0.6) is 0 Å². The van der Waals surface area contributed by atoms with Gasteiger partial charge in [0.15, 0.2) is 6.10 Å². The summed E-state index contributed by atoms with van der Waals surface area (Å²) in [5, 5.41) is 0. The van der Waals surface area contributed by atoms with Crippen molar-refractivity contribution in [2.24, 2.45) is 17.8 Å². The fraction of sp³-hybridized carbons (Fsp3) is 0.944. The van der Waals surface area contributed by atoms with E-state index in [1.54, 1.807) is 0 Å². The number of ether oxygens (including phenoxy) is 3. The summed E-state index contributed by atoms with van der Waals surface area (Å²) < 4.78 is 16.8. The maximum atomic E-state index is 12.8. The lowest BCUT2D eigenvalue weighted by molar-refractivity contribution is -0.167. The first kappa shape index (κ1) is 58.4. The zero-order valence-electron chi connectivity index (χ0n) is 41.3. The molecule has 0 aliphatic rings. The Morgan fingerprint density at radius 3 is 0.783 bits per heavy atom. The van der Waals surface area contributed by atoms with Gasteiger partial charge in [-0.25, -0.2) is 0 Å². The van der Waals surface area contributed by atoms with Crippen LogP contribution >= 0.6 is 0 Å². The van der Waals surface area contributed by atoms with Crippen molar-refractivity contribution in [3.05, 3.63) is 0 Å². The van der Waals surface area contributed by atoms with Crippen LogP contribution in [0.15, 0.2) is 0 Å². The van der Waals surface area contributed by atoms with E-state index in [1.807, 2.05) is 0 Å². The van der Waals surface area contributed by atoms with Crippen molar-refractivity contribution >= 4 is 17.9 Å². The summed E-state index contributed by atoms with van der Waals surface area (Å²) in [6.07, 6.45) is 45.1. The fourth-order valence-electron chi connectivity index (χ4n) is 8.02. The third-order valence-electron chi connectivity index (χ3n) is 13.2. The molecule has 0 bridgehead atoms. The maximum absolute atomic E-state index is 12.8. The van der Waals surface area contributed by atoms with E-state index in [0.29, 0.717) is 19.3 Å². The Kier molecular flexibility index (Phi) is 44.2. The first-order valence-electron chi connectivity index (χ1n) is 26.7. The van der Waals surface area contributed by atoms with Crippen molar-refractivity contribution in [1.29, 1.82) is 0 Å². The van der Waals surface area contributed by atoms with Crippen molar-refractivity contribution in [1.82, 2.24) is 0 Å². The lowest BCUT2D eigenvalue weighted by Gasteiger charge is -2.18. The summed E-state index contributed by atoms with van der Waals surface area (Å²) in [6, 6.07) is 0. The molecule has 0 radical (unpaired) electrons. The average Bonchev–Trinajstić information content (AvgIpc) is 3.25. The van der Waals surface area contributed by atoms with E-state index in [4.69, 9.17) is 14.2 Å². The molecular weight excluding hydrogens is 745 g/mol. The molecular formula is C54H104O6. The van der Waals surface area contributed by atoms with Gasteiger partial charge < -0.3 is 14.2 Å². The minimum absolute atomic E-state index is 0.0653. The number of hydrogen-bond acceptors (Lipinski definition) is 6. The lowest BCUT2D eigenvalue weighted by Crippen LogP contribution is -2.30. The summed E-state index contributed by atoms with van der Waals surface area (Å²) in [5.74, 6) is 1.72. The molecule has 0 aromatic rings. The van der Waals surface area contributed by atoms with Gasteiger partial charge in [-0.15, -0.1) is 0 Å². The van der Waals surface area contributed by atoms with E-state index in [1.165, 1.54) is 173 Å². The molecule has 0 fully saturated rings. The molecule has 0 saturated carbocycles. The van der Waals surface area contributed by atoms with Crippen LogP contribution in [0, 0.1) is 17.8 Å². The van der Waals surface area contributed by atoms with Crippen molar-refractivity contribution in [3.63, 3.8) is 0 Å². The predicted molar refractivity (Wildman–Crippen MR) is 256 cm³/mol. The standard InChI is InChI=1S/C54H104O6/c1-7-48(4)40-34-28-22-18-14-12-10-11-13-15-20-24-31-37-43-52(55)58-46-51(60-54(57)45-39-33-27-26-30-36-42-50(6)9-3)47-59-53(56)44-38-32-25-21-17-16-19-23-29-35-41-49(5)8-2/h48-51H,7-47H2,1-6H3/t48?,49?,50?,51-/m1/s1. The number of unbranched alkanes of at least 4 members (excludes halogenated alkanes) is 27. The second kappa shape index (κ2) is 45.4. The molecule has 0 aromatic heterocycles. The van der Waals surface area contributed by atoms with Crippen LogP contribution in [0.1, 0.15) is 292 Å². The highest BCUT2D eigenvalue weighted by Gasteiger charge is 2.19. The van der Waals surface area contributed by atoms with E-state index >= 15 is 0 Å². The predicted octanol–water partition coefficient (Wildman–Crippen LogP) is 17.2. The number of esters is 3. The Morgan fingerprint density at radius 2 is 0.533 bits per heavy atom. The molecule has 0 spiro atoms. The Labute approximate surface area is 374 Å². The first-order chi connectivity index (χ1) is 29.2. The van der Waals surface area contributed by atoms with Crippen LogP contribution < -0.4 is 0 Å². The van der Waals surface area contributed by atoms with Crippen molar-refractivity contribution in [2.45, 2.75) is 298 Å². The van der Waals surface area contributed by atoms with E-state index in [0.717, 1.165) is 75.5 Å². The minimum atomic E-state index is -0.763. The van der Waals surface area contributed by atoms with Gasteiger partial charge in [0.25, 0.3) is 0 Å². The zero-order valence-corrected chi connectivity index (χ0v) is 41.3. The van der Waals surface area contributed by atoms with E-state index in [2.05, 4.69) is 41.5 Å². The van der Waals surface area contributed by atoms with Gasteiger partial charge in [0, 0.05) is 19.3 Å². The van der Waals surface area contributed by atoms with Gasteiger partial charge in [-0.3, -0.25) is 14.4 Å². The minimum Gasteiger partial charge on any atom is -0.462 e. The third-order valence-corrected chi connectivity index (χ3v) is 13.2. The second-order valence-corrected chi connectivity index (χ2v) is 19.2. The molecule has 4 atom stereocenters. The Balaban J connectivity index is 4.27. The highest BCUT2D eigenvalue weighted by molar-refractivity contribution is 5.71. The molecule has 0 N–H and O–H groups in total.